The van der Waals surface area contributed by atoms with E-state index in [0.717, 1.165) is 27.7 Å². The van der Waals surface area contributed by atoms with Crippen LogP contribution in [0.15, 0.2) is 0 Å². The largest absolute Gasteiger partial charge is 0.479 e. The van der Waals surface area contributed by atoms with Crippen LogP contribution in [-0.4, -0.2) is 486 Å². The van der Waals surface area contributed by atoms with Gasteiger partial charge in [0.2, 0.25) is 23.6 Å². The molecule has 9 aliphatic rings. The smallest absolute Gasteiger partial charge is 0.335 e. The molecule has 45 atom stereocenters. The summed E-state index contributed by atoms with van der Waals surface area (Å²) in [6.07, 6.45) is -87.2. The lowest BCUT2D eigenvalue weighted by Gasteiger charge is -2.51. The van der Waals surface area contributed by atoms with Crippen LogP contribution in [0.4, 0.5) is 0 Å². The average Bonchev–Trinajstić information content (AvgIpc) is 0.765. The van der Waals surface area contributed by atoms with E-state index >= 15 is 0 Å². The highest BCUT2D eigenvalue weighted by molar-refractivity contribution is 5.75. The first-order valence-corrected chi connectivity index (χ1v) is 35.6. The summed E-state index contributed by atoms with van der Waals surface area (Å²) in [5, 5.41) is 285. The molecule has 0 radical (unpaired) electrons. The number of carbonyl (C=O) groups excluding carboxylic acids is 4. The van der Waals surface area contributed by atoms with Crippen molar-refractivity contribution in [3.05, 3.63) is 0 Å². The number of carboxylic acids is 1. The van der Waals surface area contributed by atoms with Gasteiger partial charge in [0.05, 0.1) is 52.9 Å². The predicted molar refractivity (Wildman–Crippen MR) is 344 cm³/mol. The van der Waals surface area contributed by atoms with Gasteiger partial charge in [-0.25, -0.2) is 4.79 Å². The highest BCUT2D eigenvalue weighted by atomic mass is 16.8. The van der Waals surface area contributed by atoms with E-state index in [0.29, 0.717) is 0 Å². The number of aliphatic hydroxyl groups is 24. The molecule has 9 aliphatic heterocycles. The normalized spacial score (nSPS) is 48.5. The van der Waals surface area contributed by atoms with E-state index in [1.165, 1.54) is 0 Å². The molecule has 9 fully saturated rings. The molecule has 0 aromatic rings. The van der Waals surface area contributed by atoms with Crippen LogP contribution in [0.1, 0.15) is 27.7 Å². The van der Waals surface area contributed by atoms with Gasteiger partial charge < -0.3 is 229 Å². The van der Waals surface area contributed by atoms with Gasteiger partial charge in [-0.2, -0.15) is 0 Å². The Morgan fingerprint density at radius 3 is 1.03 bits per heavy atom. The van der Waals surface area contributed by atoms with Gasteiger partial charge in [0.15, 0.2) is 62.7 Å². The fourth-order valence-corrected chi connectivity index (χ4v) is 14.4. The summed E-state index contributed by atoms with van der Waals surface area (Å²) in [6.45, 7) is -5.09. The minimum absolute atomic E-state index is 0.774. The maximum atomic E-state index is 13.2. The van der Waals surface area contributed by atoms with E-state index in [1.54, 1.807) is 0 Å². The molecule has 4 amide bonds. The quantitative estimate of drug-likeness (QED) is 0.0331. The molecular formula is C62H102N4O47. The summed E-state index contributed by atoms with van der Waals surface area (Å²) in [5.74, 6) is -5.55. The van der Waals surface area contributed by atoms with E-state index in [4.69, 9.17) is 80.5 Å². The van der Waals surface area contributed by atoms with Crippen molar-refractivity contribution in [3.8, 4) is 0 Å². The van der Waals surface area contributed by atoms with Gasteiger partial charge >= 0.3 is 5.97 Å². The molecule has 0 aromatic heterocycles. The number of ether oxygens (including phenoxy) is 17. The maximum absolute atomic E-state index is 13.2. The lowest BCUT2D eigenvalue weighted by Crippen LogP contribution is -2.71. The number of aliphatic carboxylic acids is 1. The third-order valence-corrected chi connectivity index (χ3v) is 20.3. The Balaban J connectivity index is 0.997. The topological polar surface area (TPSA) is 796 Å². The fraction of sp³-hybridized carbons (Fsp3) is 0.919. The molecule has 51 heteroatoms. The van der Waals surface area contributed by atoms with Crippen LogP contribution in [0, 0.1) is 0 Å². The Morgan fingerprint density at radius 1 is 0.257 bits per heavy atom. The number of nitrogens with one attached hydrogen (secondary N) is 4. The highest BCUT2D eigenvalue weighted by Crippen LogP contribution is 2.40. The second kappa shape index (κ2) is 40.2. The number of rotatable bonds is 29. The van der Waals surface area contributed by atoms with E-state index in [2.05, 4.69) is 21.3 Å². The second-order valence-electron chi connectivity index (χ2n) is 28.2. The van der Waals surface area contributed by atoms with Gasteiger partial charge in [-0.05, 0) is 0 Å². The lowest BCUT2D eigenvalue weighted by molar-refractivity contribution is -0.397. The van der Waals surface area contributed by atoms with Gasteiger partial charge in [0.25, 0.3) is 0 Å². The van der Waals surface area contributed by atoms with Crippen LogP contribution in [0.3, 0.4) is 0 Å². The molecule has 0 spiro atoms. The van der Waals surface area contributed by atoms with E-state index in [-0.39, 0.29) is 0 Å². The second-order valence-corrected chi connectivity index (χ2v) is 28.2. The predicted octanol–water partition coefficient (Wildman–Crippen LogP) is -20.0. The van der Waals surface area contributed by atoms with E-state index in [1.807, 2.05) is 0 Å². The molecule has 0 aromatic carbocycles. The first-order chi connectivity index (χ1) is 53.4. The van der Waals surface area contributed by atoms with E-state index < -0.39 is 359 Å². The van der Waals surface area contributed by atoms with Gasteiger partial charge in [-0.15, -0.1) is 0 Å². The molecule has 9 rings (SSSR count). The average molecular weight is 1660 g/mol. The monoisotopic (exact) mass is 1650 g/mol. The van der Waals surface area contributed by atoms with Crippen LogP contribution >= 0.6 is 0 Å². The number of carboxylic acid groups (broad SMARTS) is 1. The van der Waals surface area contributed by atoms with E-state index in [9.17, 15) is 152 Å². The van der Waals surface area contributed by atoms with Crippen molar-refractivity contribution < 1.29 is 232 Å². The van der Waals surface area contributed by atoms with Crippen LogP contribution in [0.2, 0.25) is 0 Å². The van der Waals surface area contributed by atoms with Gasteiger partial charge in [-0.3, -0.25) is 19.2 Å². The van der Waals surface area contributed by atoms with Crippen molar-refractivity contribution in [2.75, 3.05) is 52.9 Å². The number of amides is 4. The number of aliphatic hydroxyl groups excluding tert-OH is 24. The van der Waals surface area contributed by atoms with Crippen molar-refractivity contribution in [2.45, 2.75) is 304 Å². The van der Waals surface area contributed by atoms with Crippen molar-refractivity contribution in [3.63, 3.8) is 0 Å². The highest BCUT2D eigenvalue weighted by Gasteiger charge is 2.61. The van der Waals surface area contributed by atoms with Crippen LogP contribution in [0.25, 0.3) is 0 Å². The lowest BCUT2D eigenvalue weighted by atomic mass is 9.93. The van der Waals surface area contributed by atoms with Gasteiger partial charge in [-0.1, -0.05) is 0 Å². The zero-order chi connectivity index (χ0) is 83.4. The summed E-state index contributed by atoms with van der Waals surface area (Å²) in [6, 6.07) is -7.53. The summed E-state index contributed by atoms with van der Waals surface area (Å²) in [7, 11) is 0. The molecule has 652 valence electrons. The van der Waals surface area contributed by atoms with Crippen LogP contribution in [0.5, 0.6) is 0 Å². The van der Waals surface area contributed by atoms with Gasteiger partial charge in [0.1, 0.15) is 213 Å². The minimum atomic E-state index is -2.52. The molecule has 113 heavy (non-hydrogen) atoms. The Kier molecular flexibility index (Phi) is 32.9. The zero-order valence-corrected chi connectivity index (χ0v) is 60.3. The Labute approximate surface area is 638 Å². The molecular weight excluding hydrogens is 1550 g/mol. The van der Waals surface area contributed by atoms with Crippen LogP contribution < -0.4 is 21.3 Å². The minimum Gasteiger partial charge on any atom is -0.479 e. The Hall–Kier alpha value is -4.29. The fourth-order valence-electron chi connectivity index (χ4n) is 14.4. The summed E-state index contributed by atoms with van der Waals surface area (Å²) < 4.78 is 99.5. The maximum Gasteiger partial charge on any atom is 0.335 e. The molecule has 0 unspecified atom stereocenters. The number of hydrogen-bond acceptors (Lipinski definition) is 46. The van der Waals surface area contributed by atoms with Crippen molar-refractivity contribution in [1.29, 1.82) is 0 Å². The Bertz CT molecular complexity index is 3060. The summed E-state index contributed by atoms with van der Waals surface area (Å²) in [5.41, 5.74) is 0. The number of hydrogen-bond donors (Lipinski definition) is 29. The molecule has 0 bridgehead atoms. The third kappa shape index (κ3) is 20.4. The van der Waals surface area contributed by atoms with Crippen molar-refractivity contribution in [2.24, 2.45) is 0 Å². The van der Waals surface area contributed by atoms with Crippen LogP contribution in [-0.2, 0) is 104 Å². The standard InChI is InChI=1S/C62H102N4O47/c1-13(74)63-25-34(83)45(21(9-71)98-54(25)96)106-55-26(64-14(2)75)36(85)47(23(11-73)103-55)108-61-44(93)50(33(82)24(105-61)12-97-58-41(90)37(86)29(78)17(5-67)100-58)111-62-52(39(88)30(79)18(6-68)102-62)113-56-27(65-15(3)76)35(84)46(22(10-72)104-56)107-57-28(66-16(4)77)48(31(80)19(7-69)99-57)109-60-43(92)49(32(81)20(8-70)101-60)110-59-42(91)38(87)40(89)51(112-59)53(94)95/h17-52,54-62,67-73,78-93,96H,5-12H2,1-4H3,(H,63,74)(H,64,75)(H,65,76)(H,66,77)(H,94,95)/t17-,18-,19-,20-,21-,22-,23-,24-,25-,26-,27-,28-,29-,30-,31+,32+,33-,34-,35-,36-,37+,38+,39+,40+,41+,42-,43-,44+,45-,46-,47-,48-,49+,50+,51+,52+,54-,55+,56+,57+,58+,59-,60+,61+,62-/m1/s1. The molecule has 29 N–H and O–H groups in total. The molecule has 0 aliphatic carbocycles. The number of carbonyl (C=O) groups is 5. The third-order valence-electron chi connectivity index (χ3n) is 20.3. The summed E-state index contributed by atoms with van der Waals surface area (Å²) >= 11 is 0. The van der Waals surface area contributed by atoms with Crippen molar-refractivity contribution in [1.82, 2.24) is 21.3 Å². The SMILES string of the molecule is CC(=O)N[C@@H]1[C@@H](O)[C@H](O[C@@H]2O[C@H](CO)[C@@H](O[C@@H]3O[C@H](CO[C@H]4O[C@H](CO)[C@@H](O)[C@H](O)[C@@H]4O)[C@@H](O)[C@H](O[C@H]4O[C@H](CO)[C@@H](O)[C@H](O)[C@@H]4O[C@@H]4O[C@H](CO)[C@@H](O[C@@H]5O[C@H](CO)[C@H](O)[C@H](O[C@@H]6O[C@H](CO)[C@H](O)[C@H](O[C@@H]7O[C@H](C(=O)O)[C@@H](O)[C@H](O)[C@H]7O)[C@H]6O)[C@H]5NC(C)=O)[C@H](O)[C@H]4NC(C)=O)[C@@H]3O)[C@H](O)[C@H]2NC(C)=O)[C@@H](CO)O[C@H]1O. The first kappa shape index (κ1) is 92.6. The Morgan fingerprint density at radius 2 is 0.558 bits per heavy atom. The van der Waals surface area contributed by atoms with Crippen molar-refractivity contribution >= 4 is 29.6 Å². The van der Waals surface area contributed by atoms with Gasteiger partial charge in [0, 0.05) is 27.7 Å². The molecule has 9 saturated heterocycles. The molecule has 0 saturated carbocycles. The molecule has 9 heterocycles. The first-order valence-electron chi connectivity index (χ1n) is 35.6. The zero-order valence-electron chi connectivity index (χ0n) is 60.3. The summed E-state index contributed by atoms with van der Waals surface area (Å²) in [4.78, 5) is 63.1. The molecule has 51 nitrogen and oxygen atoms in total.